The molecule has 1 heterocycles. The van der Waals surface area contributed by atoms with Crippen molar-refractivity contribution in [2.75, 3.05) is 17.3 Å². The van der Waals surface area contributed by atoms with Crippen LogP contribution in [-0.2, 0) is 9.84 Å². The van der Waals surface area contributed by atoms with Gasteiger partial charge in [-0.3, -0.25) is 0 Å². The van der Waals surface area contributed by atoms with Crippen LogP contribution in [0.15, 0.2) is 18.3 Å². The molecule has 0 fully saturated rings. The molecular formula is C9H13ClN2O2S. The van der Waals surface area contributed by atoms with E-state index in [9.17, 15) is 8.42 Å². The number of pyridine rings is 1. The maximum atomic E-state index is 11.0. The van der Waals surface area contributed by atoms with E-state index in [-0.39, 0.29) is 11.8 Å². The molecule has 0 aliphatic heterocycles. The second-order valence-electron chi connectivity index (χ2n) is 3.51. The van der Waals surface area contributed by atoms with Gasteiger partial charge in [-0.05, 0) is 19.1 Å². The van der Waals surface area contributed by atoms with Crippen LogP contribution in [0.1, 0.15) is 6.92 Å². The van der Waals surface area contributed by atoms with Gasteiger partial charge in [-0.2, -0.15) is 0 Å². The van der Waals surface area contributed by atoms with Crippen molar-refractivity contribution in [1.82, 2.24) is 4.98 Å². The van der Waals surface area contributed by atoms with Gasteiger partial charge in [-0.1, -0.05) is 11.6 Å². The van der Waals surface area contributed by atoms with Crippen LogP contribution in [-0.4, -0.2) is 31.5 Å². The third kappa shape index (κ3) is 4.99. The Morgan fingerprint density at radius 2 is 2.20 bits per heavy atom. The predicted molar refractivity (Wildman–Crippen MR) is 62.0 cm³/mol. The average molecular weight is 249 g/mol. The fourth-order valence-corrected chi connectivity index (χ4v) is 2.34. The summed E-state index contributed by atoms with van der Waals surface area (Å²) in [6, 6.07) is 3.26. The van der Waals surface area contributed by atoms with Gasteiger partial charge in [0.05, 0.1) is 17.6 Å². The Morgan fingerprint density at radius 1 is 1.53 bits per heavy atom. The molecule has 1 rings (SSSR count). The Balaban J connectivity index is 2.59. The molecule has 0 aliphatic rings. The van der Waals surface area contributed by atoms with Crippen molar-refractivity contribution in [2.45, 2.75) is 13.0 Å². The summed E-state index contributed by atoms with van der Waals surface area (Å²) in [6.07, 6.45) is 2.78. The zero-order valence-electron chi connectivity index (χ0n) is 8.57. The van der Waals surface area contributed by atoms with Crippen LogP contribution in [0.25, 0.3) is 0 Å². The molecule has 0 saturated heterocycles. The van der Waals surface area contributed by atoms with Crippen molar-refractivity contribution in [3.05, 3.63) is 23.5 Å². The number of nitrogens with zero attached hydrogens (tertiary/aromatic N) is 1. The lowest BCUT2D eigenvalue weighted by Gasteiger charge is -2.13. The van der Waals surface area contributed by atoms with Crippen molar-refractivity contribution in [3.63, 3.8) is 0 Å². The van der Waals surface area contributed by atoms with E-state index < -0.39 is 9.84 Å². The van der Waals surface area contributed by atoms with Gasteiger partial charge in [0.15, 0.2) is 0 Å². The standard InChI is InChI=1S/C9H13ClN2O2S/c1-7(6-15(2,13)14)12-8-3-4-9(10)11-5-8/h3-5,7,12H,6H2,1-2H3. The topological polar surface area (TPSA) is 59.1 Å². The van der Waals surface area contributed by atoms with Gasteiger partial charge in [0.25, 0.3) is 0 Å². The highest BCUT2D eigenvalue weighted by Crippen LogP contribution is 2.11. The molecular weight excluding hydrogens is 236 g/mol. The van der Waals surface area contributed by atoms with E-state index in [1.165, 1.54) is 6.26 Å². The van der Waals surface area contributed by atoms with Gasteiger partial charge in [-0.25, -0.2) is 13.4 Å². The quantitative estimate of drug-likeness (QED) is 0.822. The molecule has 1 aromatic heterocycles. The number of sulfone groups is 1. The van der Waals surface area contributed by atoms with Crippen LogP contribution in [0.3, 0.4) is 0 Å². The van der Waals surface area contributed by atoms with E-state index >= 15 is 0 Å². The van der Waals surface area contributed by atoms with Crippen LogP contribution in [0.5, 0.6) is 0 Å². The third-order valence-corrected chi connectivity index (χ3v) is 3.02. The third-order valence-electron chi connectivity index (χ3n) is 1.69. The van der Waals surface area contributed by atoms with Gasteiger partial charge < -0.3 is 5.32 Å². The minimum Gasteiger partial charge on any atom is -0.380 e. The molecule has 0 aromatic carbocycles. The van der Waals surface area contributed by atoms with E-state index in [1.807, 2.05) is 0 Å². The van der Waals surface area contributed by atoms with Crippen molar-refractivity contribution in [2.24, 2.45) is 0 Å². The summed E-state index contributed by atoms with van der Waals surface area (Å²) in [5.74, 6) is 0.0929. The molecule has 1 atom stereocenters. The number of rotatable bonds is 4. The summed E-state index contributed by atoms with van der Waals surface area (Å²) in [5.41, 5.74) is 0.760. The molecule has 15 heavy (non-hydrogen) atoms. The smallest absolute Gasteiger partial charge is 0.149 e. The SMILES string of the molecule is CC(CS(C)(=O)=O)Nc1ccc(Cl)nc1. The summed E-state index contributed by atoms with van der Waals surface area (Å²) in [5, 5.41) is 3.44. The van der Waals surface area contributed by atoms with Crippen molar-refractivity contribution in [3.8, 4) is 0 Å². The Hall–Kier alpha value is -0.810. The molecule has 84 valence electrons. The predicted octanol–water partition coefficient (Wildman–Crippen LogP) is 1.58. The number of hydrogen-bond acceptors (Lipinski definition) is 4. The minimum absolute atomic E-state index is 0.0929. The number of anilines is 1. The van der Waals surface area contributed by atoms with Gasteiger partial charge in [0.1, 0.15) is 15.0 Å². The van der Waals surface area contributed by atoms with Crippen LogP contribution < -0.4 is 5.32 Å². The van der Waals surface area contributed by atoms with Gasteiger partial charge >= 0.3 is 0 Å². The molecule has 0 bridgehead atoms. The Morgan fingerprint density at radius 3 is 2.67 bits per heavy atom. The van der Waals surface area contributed by atoms with Crippen LogP contribution in [0.2, 0.25) is 5.15 Å². The first-order chi connectivity index (χ1) is 6.87. The van der Waals surface area contributed by atoms with E-state index in [2.05, 4.69) is 10.3 Å². The highest BCUT2D eigenvalue weighted by Gasteiger charge is 2.09. The van der Waals surface area contributed by atoms with Crippen LogP contribution in [0, 0.1) is 0 Å². The molecule has 0 saturated carbocycles. The first-order valence-electron chi connectivity index (χ1n) is 4.42. The van der Waals surface area contributed by atoms with Crippen molar-refractivity contribution >= 4 is 27.1 Å². The fourth-order valence-electron chi connectivity index (χ4n) is 1.24. The second kappa shape index (κ2) is 4.81. The summed E-state index contributed by atoms with van der Waals surface area (Å²) < 4.78 is 22.0. The van der Waals surface area contributed by atoms with Crippen molar-refractivity contribution < 1.29 is 8.42 Å². The Kier molecular flexibility index (Phi) is 3.93. The van der Waals surface area contributed by atoms with E-state index in [4.69, 9.17) is 11.6 Å². The molecule has 0 amide bonds. The largest absolute Gasteiger partial charge is 0.380 e. The molecule has 6 heteroatoms. The number of halogens is 1. The highest BCUT2D eigenvalue weighted by molar-refractivity contribution is 7.90. The van der Waals surface area contributed by atoms with Gasteiger partial charge in [0, 0.05) is 12.3 Å². The molecule has 0 aliphatic carbocycles. The summed E-state index contributed by atoms with van der Waals surface area (Å²) in [4.78, 5) is 3.88. The lowest BCUT2D eigenvalue weighted by atomic mass is 10.3. The number of aromatic nitrogens is 1. The molecule has 1 N–H and O–H groups in total. The van der Waals surface area contributed by atoms with Crippen LogP contribution in [0.4, 0.5) is 5.69 Å². The Bertz CT molecular complexity index is 416. The number of hydrogen-bond donors (Lipinski definition) is 1. The zero-order chi connectivity index (χ0) is 11.5. The average Bonchev–Trinajstić information content (AvgIpc) is 2.05. The first kappa shape index (κ1) is 12.3. The maximum absolute atomic E-state index is 11.0. The summed E-state index contributed by atoms with van der Waals surface area (Å²) >= 11 is 5.62. The zero-order valence-corrected chi connectivity index (χ0v) is 10.1. The van der Waals surface area contributed by atoms with Gasteiger partial charge in [-0.15, -0.1) is 0 Å². The summed E-state index contributed by atoms with van der Waals surface area (Å²) in [6.45, 7) is 1.80. The lowest BCUT2D eigenvalue weighted by Crippen LogP contribution is -2.24. The normalized spacial score (nSPS) is 13.5. The van der Waals surface area contributed by atoms with Crippen molar-refractivity contribution in [1.29, 1.82) is 0 Å². The fraction of sp³-hybridized carbons (Fsp3) is 0.444. The maximum Gasteiger partial charge on any atom is 0.149 e. The number of nitrogens with one attached hydrogen (secondary N) is 1. The summed E-state index contributed by atoms with van der Waals surface area (Å²) in [7, 11) is -2.96. The highest BCUT2D eigenvalue weighted by atomic mass is 35.5. The molecule has 1 aromatic rings. The first-order valence-corrected chi connectivity index (χ1v) is 6.86. The second-order valence-corrected chi connectivity index (χ2v) is 6.08. The van der Waals surface area contributed by atoms with E-state index in [0.717, 1.165) is 5.69 Å². The van der Waals surface area contributed by atoms with E-state index in [0.29, 0.717) is 5.15 Å². The lowest BCUT2D eigenvalue weighted by molar-refractivity contribution is 0.598. The molecule has 0 spiro atoms. The van der Waals surface area contributed by atoms with E-state index in [1.54, 1.807) is 25.3 Å². The monoisotopic (exact) mass is 248 g/mol. The molecule has 4 nitrogen and oxygen atoms in total. The molecule has 0 radical (unpaired) electrons. The Labute approximate surface area is 94.6 Å². The minimum atomic E-state index is -2.96. The van der Waals surface area contributed by atoms with Crippen LogP contribution >= 0.6 is 11.6 Å². The molecule has 1 unspecified atom stereocenters. The van der Waals surface area contributed by atoms with Gasteiger partial charge in [0.2, 0.25) is 0 Å².